The Morgan fingerprint density at radius 1 is 1.20 bits per heavy atom. The molecular weight excluding hydrogens is 519 g/mol. The molecule has 0 bridgehead atoms. The molecule has 0 spiro atoms. The Morgan fingerprint density at radius 2 is 2.00 bits per heavy atom. The molecule has 2 saturated carbocycles. The molecule has 3 aliphatic carbocycles. The Labute approximate surface area is 241 Å². The molecule has 1 saturated heterocycles. The minimum atomic E-state index is -0.525. The van der Waals surface area contributed by atoms with Crippen LogP contribution in [0, 0.1) is 29.0 Å². The third kappa shape index (κ3) is 5.05. The number of benzene rings is 1. The maximum absolute atomic E-state index is 14.6. The van der Waals surface area contributed by atoms with E-state index in [1.165, 1.54) is 0 Å². The predicted octanol–water partition coefficient (Wildman–Crippen LogP) is 5.48. The van der Waals surface area contributed by atoms with Gasteiger partial charge in [0.25, 0.3) is 0 Å². The lowest BCUT2D eigenvalue weighted by atomic mass is 9.54. The number of aromatic nitrogens is 1. The van der Waals surface area contributed by atoms with E-state index >= 15 is 0 Å². The van der Waals surface area contributed by atoms with Crippen LogP contribution in [0.5, 0.6) is 0 Å². The number of hydrogen-bond acceptors (Lipinski definition) is 6. The number of likely N-dealkylation sites (N-methyl/N-ethyl adjacent to an activating group) is 1. The van der Waals surface area contributed by atoms with Crippen molar-refractivity contribution >= 4 is 23.2 Å². The molecular formula is C33H41FN4O3. The first-order chi connectivity index (χ1) is 19.8. The molecule has 5 atom stereocenters. The zero-order valence-electron chi connectivity index (χ0n) is 24.1. The number of pyridine rings is 1. The van der Waals surface area contributed by atoms with E-state index in [-0.39, 0.29) is 41.2 Å². The minimum Gasteiger partial charge on any atom is -0.515 e. The monoisotopic (exact) mass is 560 g/mol. The summed E-state index contributed by atoms with van der Waals surface area (Å²) in [6.07, 6.45) is 7.53. The third-order valence-corrected chi connectivity index (χ3v) is 10.5. The number of fused-ring (bicyclic) bond motifs is 5. The Morgan fingerprint density at radius 3 is 2.73 bits per heavy atom. The molecule has 41 heavy (non-hydrogen) atoms. The number of piperazine rings is 1. The van der Waals surface area contributed by atoms with Gasteiger partial charge in [0, 0.05) is 43.6 Å². The zero-order chi connectivity index (χ0) is 28.7. The van der Waals surface area contributed by atoms with Gasteiger partial charge in [-0.05, 0) is 98.6 Å². The average molecular weight is 561 g/mol. The van der Waals surface area contributed by atoms with E-state index in [0.717, 1.165) is 68.5 Å². The Kier molecular flexibility index (Phi) is 7.62. The zero-order valence-corrected chi connectivity index (χ0v) is 24.1. The van der Waals surface area contributed by atoms with Crippen molar-refractivity contribution in [3.8, 4) is 0 Å². The third-order valence-electron chi connectivity index (χ3n) is 10.5. The van der Waals surface area contributed by atoms with Crippen LogP contribution in [0.3, 0.4) is 0 Å². The van der Waals surface area contributed by atoms with Gasteiger partial charge in [0.05, 0.1) is 18.1 Å². The number of Topliss-reactive ketones (excluding diaryl/α,β-unsaturated/α-hetero) is 1. The maximum Gasteiger partial charge on any atom is 0.225 e. The molecule has 1 amide bonds. The quantitative estimate of drug-likeness (QED) is 0.359. The van der Waals surface area contributed by atoms with Gasteiger partial charge in [0.2, 0.25) is 5.91 Å². The molecule has 2 aromatic rings. The summed E-state index contributed by atoms with van der Waals surface area (Å²) in [7, 11) is 2.13. The van der Waals surface area contributed by atoms with E-state index in [1.807, 2.05) is 18.3 Å². The van der Waals surface area contributed by atoms with Crippen LogP contribution >= 0.6 is 0 Å². The van der Waals surface area contributed by atoms with Crippen LogP contribution in [-0.4, -0.2) is 59.9 Å². The van der Waals surface area contributed by atoms with Gasteiger partial charge in [-0.25, -0.2) is 9.37 Å². The van der Waals surface area contributed by atoms with Gasteiger partial charge < -0.3 is 20.2 Å². The van der Waals surface area contributed by atoms with E-state index in [1.54, 1.807) is 12.1 Å². The molecule has 6 rings (SSSR count). The number of amides is 1. The second-order valence-electron chi connectivity index (χ2n) is 12.8. The molecule has 3 fully saturated rings. The first-order valence-corrected chi connectivity index (χ1v) is 15.2. The number of ketones is 1. The second kappa shape index (κ2) is 11.2. The molecule has 0 radical (unpaired) electrons. The van der Waals surface area contributed by atoms with Crippen molar-refractivity contribution in [2.24, 2.45) is 23.2 Å². The lowest BCUT2D eigenvalue weighted by molar-refractivity contribution is -0.127. The van der Waals surface area contributed by atoms with E-state index < -0.39 is 5.41 Å². The van der Waals surface area contributed by atoms with Crippen LogP contribution < -0.4 is 10.2 Å². The number of carbonyl (C=O) groups excluding carboxylic acids is 2. The largest absolute Gasteiger partial charge is 0.515 e. The molecule has 2 heterocycles. The van der Waals surface area contributed by atoms with Gasteiger partial charge in [0.1, 0.15) is 11.6 Å². The maximum atomic E-state index is 14.6. The highest BCUT2D eigenvalue weighted by Crippen LogP contribution is 2.63. The van der Waals surface area contributed by atoms with E-state index in [9.17, 15) is 19.1 Å². The molecule has 1 aromatic heterocycles. The van der Waals surface area contributed by atoms with E-state index in [4.69, 9.17) is 0 Å². The molecule has 4 aliphatic rings. The standard InChI is InChI=1S/C33H41FN4O3/c1-33-14-13-23-22-5-3-7-28(34)24(22)10-11-26(23)31(33)25(27(20-39)32(33)41)6-4-8-30(40)36-29-12-9-21(19-35-29)38-17-15-37(2)16-18-38/h3,5,7,9,12,19-20,23,25-26,31,39H,4,6,8,10-11,13-18H2,1-2H3,(H,35,36,40)/b27-20-/t23?,25-,26?,31?,33+/m1/s1. The van der Waals surface area contributed by atoms with Crippen LogP contribution in [0.2, 0.25) is 0 Å². The highest BCUT2D eigenvalue weighted by atomic mass is 19.1. The number of rotatable bonds is 6. The number of carbonyl (C=O) groups is 2. The summed E-state index contributed by atoms with van der Waals surface area (Å²) in [5.41, 5.74) is 2.97. The molecule has 1 aliphatic heterocycles. The van der Waals surface area contributed by atoms with Gasteiger partial charge in [-0.2, -0.15) is 0 Å². The first kappa shape index (κ1) is 27.9. The molecule has 2 N–H and O–H groups in total. The summed E-state index contributed by atoms with van der Waals surface area (Å²) in [5.74, 6) is 0.817. The predicted molar refractivity (Wildman–Crippen MR) is 157 cm³/mol. The molecule has 3 unspecified atom stereocenters. The Hall–Kier alpha value is -3.26. The van der Waals surface area contributed by atoms with Crippen molar-refractivity contribution in [2.45, 2.75) is 57.8 Å². The van der Waals surface area contributed by atoms with Crippen LogP contribution in [0.4, 0.5) is 15.9 Å². The molecule has 1 aromatic carbocycles. The number of halogens is 1. The number of nitrogens with zero attached hydrogens (tertiary/aromatic N) is 3. The number of allylic oxidation sites excluding steroid dienone is 1. The number of hydrogen-bond donors (Lipinski definition) is 2. The normalized spacial score (nSPS) is 30.6. The fourth-order valence-corrected chi connectivity index (χ4v) is 8.41. The molecule has 8 heteroatoms. The van der Waals surface area contributed by atoms with Crippen molar-refractivity contribution in [3.05, 3.63) is 65.3 Å². The highest BCUT2D eigenvalue weighted by molar-refractivity contribution is 6.03. The smallest absolute Gasteiger partial charge is 0.225 e. The van der Waals surface area contributed by atoms with E-state index in [0.29, 0.717) is 37.1 Å². The summed E-state index contributed by atoms with van der Waals surface area (Å²) < 4.78 is 14.6. The Balaban J connectivity index is 1.10. The van der Waals surface area contributed by atoms with Crippen LogP contribution in [0.25, 0.3) is 0 Å². The van der Waals surface area contributed by atoms with Crippen LogP contribution in [0.1, 0.15) is 62.5 Å². The van der Waals surface area contributed by atoms with Crippen molar-refractivity contribution in [1.29, 1.82) is 0 Å². The van der Waals surface area contributed by atoms with Crippen molar-refractivity contribution < 1.29 is 19.1 Å². The lowest BCUT2D eigenvalue weighted by Gasteiger charge is -2.49. The van der Waals surface area contributed by atoms with Crippen molar-refractivity contribution in [1.82, 2.24) is 9.88 Å². The number of aliphatic hydroxyl groups is 1. The van der Waals surface area contributed by atoms with Crippen molar-refractivity contribution in [3.63, 3.8) is 0 Å². The van der Waals surface area contributed by atoms with E-state index in [2.05, 4.69) is 40.1 Å². The lowest BCUT2D eigenvalue weighted by Crippen LogP contribution is -2.44. The van der Waals surface area contributed by atoms with Gasteiger partial charge >= 0.3 is 0 Å². The molecule has 218 valence electrons. The second-order valence-corrected chi connectivity index (χ2v) is 12.8. The van der Waals surface area contributed by atoms with Gasteiger partial charge in [-0.15, -0.1) is 0 Å². The van der Waals surface area contributed by atoms with Crippen LogP contribution in [-0.2, 0) is 16.0 Å². The SMILES string of the molecule is CN1CCN(c2ccc(NC(=O)CCC[C@@H]3/C(=C/O)C(=O)[C@@]4(C)CCC5c6cccc(F)c6CCC5C34)nc2)CC1. The minimum absolute atomic E-state index is 0.0487. The van der Waals surface area contributed by atoms with Gasteiger partial charge in [-0.1, -0.05) is 19.1 Å². The summed E-state index contributed by atoms with van der Waals surface area (Å²) in [6, 6.07) is 9.26. The summed E-state index contributed by atoms with van der Waals surface area (Å²) in [6.45, 7) is 6.02. The first-order valence-electron chi connectivity index (χ1n) is 15.2. The number of nitrogens with one attached hydrogen (secondary N) is 1. The topological polar surface area (TPSA) is 85.8 Å². The van der Waals surface area contributed by atoms with Crippen molar-refractivity contribution in [2.75, 3.05) is 43.4 Å². The van der Waals surface area contributed by atoms with Gasteiger partial charge in [0.15, 0.2) is 5.78 Å². The van der Waals surface area contributed by atoms with Gasteiger partial charge in [-0.3, -0.25) is 9.59 Å². The summed E-state index contributed by atoms with van der Waals surface area (Å²) in [4.78, 5) is 35.5. The highest BCUT2D eigenvalue weighted by Gasteiger charge is 2.60. The Bertz CT molecular complexity index is 1340. The average Bonchev–Trinajstić information content (AvgIpc) is 3.19. The fraction of sp³-hybridized carbons (Fsp3) is 0.545. The fourth-order valence-electron chi connectivity index (χ4n) is 8.41. The number of aliphatic hydroxyl groups excluding tert-OH is 1. The summed E-state index contributed by atoms with van der Waals surface area (Å²) in [5, 5.41) is 13.1. The summed E-state index contributed by atoms with van der Waals surface area (Å²) >= 11 is 0. The van der Waals surface area contributed by atoms with Crippen LogP contribution in [0.15, 0.2) is 48.4 Å². The number of anilines is 2. The molecule has 7 nitrogen and oxygen atoms in total.